The maximum Gasteiger partial charge on any atom is 0.227 e. The van der Waals surface area contributed by atoms with Crippen LogP contribution in [-0.2, 0) is 4.79 Å². The van der Waals surface area contributed by atoms with E-state index in [-0.39, 0.29) is 5.41 Å². The molecule has 2 rings (SSSR count). The molecule has 0 unspecified atom stereocenters. The lowest BCUT2D eigenvalue weighted by Gasteiger charge is -2.54. The highest BCUT2D eigenvalue weighted by Gasteiger charge is 2.48. The summed E-state index contributed by atoms with van der Waals surface area (Å²) in [6.45, 7) is 12.8. The van der Waals surface area contributed by atoms with Crippen molar-refractivity contribution in [1.29, 1.82) is 0 Å². The number of carbonyl (C=O) groups is 1. The molecule has 1 heterocycles. The van der Waals surface area contributed by atoms with Crippen LogP contribution in [0.3, 0.4) is 0 Å². The predicted octanol–water partition coefficient (Wildman–Crippen LogP) is 4.49. The van der Waals surface area contributed by atoms with E-state index in [4.69, 9.17) is 0 Å². The maximum absolute atomic E-state index is 12.2. The summed E-state index contributed by atoms with van der Waals surface area (Å²) in [7, 11) is 0. The summed E-state index contributed by atoms with van der Waals surface area (Å²) >= 11 is 0. The minimum absolute atomic E-state index is 0.212. The van der Waals surface area contributed by atoms with E-state index in [1.807, 2.05) is 20.8 Å². The molecule has 0 N–H and O–H groups in total. The Kier molecular flexibility index (Phi) is 4.51. The van der Waals surface area contributed by atoms with Gasteiger partial charge < -0.3 is 4.90 Å². The number of hydrogen-bond acceptors (Lipinski definition) is 1. The minimum Gasteiger partial charge on any atom is -0.341 e. The van der Waals surface area contributed by atoms with Gasteiger partial charge in [-0.25, -0.2) is 0 Å². The summed E-state index contributed by atoms with van der Waals surface area (Å²) in [6.07, 6.45) is 8.28. The van der Waals surface area contributed by atoms with Crippen molar-refractivity contribution in [2.24, 2.45) is 22.7 Å². The van der Waals surface area contributed by atoms with Gasteiger partial charge in [-0.1, -0.05) is 47.5 Å². The number of carbonyl (C=O) groups excluding carboxylic acids is 1. The molecule has 2 fully saturated rings. The first kappa shape index (κ1) is 15.9. The van der Waals surface area contributed by atoms with Crippen LogP contribution in [0.25, 0.3) is 0 Å². The summed E-state index contributed by atoms with van der Waals surface area (Å²) in [6, 6.07) is 0. The second-order valence-corrected chi connectivity index (χ2v) is 8.83. The van der Waals surface area contributed by atoms with Crippen LogP contribution in [-0.4, -0.2) is 23.9 Å². The molecule has 1 spiro atoms. The molecule has 2 heteroatoms. The van der Waals surface area contributed by atoms with Crippen LogP contribution in [0.15, 0.2) is 0 Å². The smallest absolute Gasteiger partial charge is 0.227 e. The van der Waals surface area contributed by atoms with Crippen LogP contribution in [0, 0.1) is 22.7 Å². The van der Waals surface area contributed by atoms with Gasteiger partial charge in [-0.3, -0.25) is 4.79 Å². The summed E-state index contributed by atoms with van der Waals surface area (Å²) in [5.41, 5.74) is 0.283. The van der Waals surface area contributed by atoms with E-state index in [1.54, 1.807) is 0 Å². The van der Waals surface area contributed by atoms with E-state index < -0.39 is 0 Å². The van der Waals surface area contributed by atoms with Crippen molar-refractivity contribution in [2.75, 3.05) is 13.1 Å². The Bertz CT molecular complexity index is 337. The topological polar surface area (TPSA) is 20.3 Å². The molecule has 2 nitrogen and oxygen atoms in total. The minimum atomic E-state index is -0.212. The highest BCUT2D eigenvalue weighted by atomic mass is 16.2. The quantitative estimate of drug-likeness (QED) is 0.745. The molecular formula is C18H33NO. The van der Waals surface area contributed by atoms with Gasteiger partial charge in [-0.15, -0.1) is 0 Å². The van der Waals surface area contributed by atoms with Crippen LogP contribution < -0.4 is 0 Å². The van der Waals surface area contributed by atoms with E-state index in [0.717, 1.165) is 24.9 Å². The summed E-state index contributed by atoms with van der Waals surface area (Å²) in [5, 5.41) is 0. The number of amides is 1. The average molecular weight is 279 g/mol. The molecular weight excluding hydrogens is 246 g/mol. The van der Waals surface area contributed by atoms with Gasteiger partial charge in [-0.2, -0.15) is 0 Å². The Labute approximate surface area is 125 Å². The van der Waals surface area contributed by atoms with Gasteiger partial charge in [0.2, 0.25) is 5.91 Å². The highest BCUT2D eigenvalue weighted by Crippen LogP contribution is 2.47. The summed E-state index contributed by atoms with van der Waals surface area (Å²) < 4.78 is 0. The van der Waals surface area contributed by atoms with Crippen molar-refractivity contribution >= 4 is 5.91 Å². The van der Waals surface area contributed by atoms with Gasteiger partial charge >= 0.3 is 0 Å². The number of nitrogens with zero attached hydrogens (tertiary/aromatic N) is 1. The fourth-order valence-electron chi connectivity index (χ4n) is 3.85. The molecule has 1 aliphatic heterocycles. The Morgan fingerprint density at radius 1 is 1.20 bits per heavy atom. The second-order valence-electron chi connectivity index (χ2n) is 8.83. The standard InChI is InChI=1S/C18H33NO/c1-14(2)6-7-15-8-10-18(11-9-15)12-19(13-18)16(20)17(3,4)5/h14-15H,6-13H2,1-5H3. The Morgan fingerprint density at radius 3 is 2.20 bits per heavy atom. The molecule has 1 amide bonds. The zero-order chi connectivity index (χ0) is 15.0. The van der Waals surface area contributed by atoms with Crippen LogP contribution in [0.1, 0.15) is 73.1 Å². The molecule has 1 saturated heterocycles. The Balaban J connectivity index is 1.75. The fraction of sp³-hybridized carbons (Fsp3) is 0.944. The number of hydrogen-bond donors (Lipinski definition) is 0. The molecule has 0 radical (unpaired) electrons. The molecule has 1 aliphatic carbocycles. The van der Waals surface area contributed by atoms with Crippen molar-refractivity contribution in [3.8, 4) is 0 Å². The van der Waals surface area contributed by atoms with Crippen LogP contribution in [0.5, 0.6) is 0 Å². The molecule has 0 atom stereocenters. The molecule has 116 valence electrons. The van der Waals surface area contributed by atoms with Crippen molar-refractivity contribution in [3.05, 3.63) is 0 Å². The largest absolute Gasteiger partial charge is 0.341 e. The van der Waals surface area contributed by atoms with Crippen molar-refractivity contribution in [1.82, 2.24) is 4.90 Å². The van der Waals surface area contributed by atoms with E-state index in [0.29, 0.717) is 11.3 Å². The van der Waals surface area contributed by atoms with Gasteiger partial charge in [-0.05, 0) is 37.5 Å². The monoisotopic (exact) mass is 279 g/mol. The first-order valence-electron chi connectivity index (χ1n) is 8.51. The lowest BCUT2D eigenvalue weighted by molar-refractivity contribution is -0.155. The van der Waals surface area contributed by atoms with Gasteiger partial charge in [0, 0.05) is 23.9 Å². The number of likely N-dealkylation sites (tertiary alicyclic amines) is 1. The molecule has 1 saturated carbocycles. The van der Waals surface area contributed by atoms with Crippen molar-refractivity contribution in [2.45, 2.75) is 73.1 Å². The zero-order valence-electron chi connectivity index (χ0n) is 14.2. The third kappa shape index (κ3) is 3.56. The third-order valence-electron chi connectivity index (χ3n) is 5.30. The molecule has 0 aromatic rings. The Hall–Kier alpha value is -0.530. The highest BCUT2D eigenvalue weighted by molar-refractivity contribution is 5.82. The zero-order valence-corrected chi connectivity index (χ0v) is 14.2. The third-order valence-corrected chi connectivity index (χ3v) is 5.30. The lowest BCUT2D eigenvalue weighted by Crippen LogP contribution is -2.61. The first-order valence-corrected chi connectivity index (χ1v) is 8.51. The Morgan fingerprint density at radius 2 is 1.75 bits per heavy atom. The molecule has 2 aliphatic rings. The normalized spacial score (nSPS) is 23.2. The van der Waals surface area contributed by atoms with Gasteiger partial charge in [0.15, 0.2) is 0 Å². The van der Waals surface area contributed by atoms with Crippen LogP contribution in [0.4, 0.5) is 0 Å². The second kappa shape index (κ2) is 5.69. The first-order chi connectivity index (χ1) is 9.22. The van der Waals surface area contributed by atoms with E-state index >= 15 is 0 Å². The average Bonchev–Trinajstić information content (AvgIpc) is 2.32. The molecule has 20 heavy (non-hydrogen) atoms. The summed E-state index contributed by atoms with van der Waals surface area (Å²) in [5.74, 6) is 2.13. The van der Waals surface area contributed by atoms with Crippen LogP contribution >= 0.6 is 0 Å². The SMILES string of the molecule is CC(C)CCC1CCC2(CC1)CN(C(=O)C(C)(C)C)C2. The maximum atomic E-state index is 12.2. The van der Waals surface area contributed by atoms with Crippen molar-refractivity contribution in [3.63, 3.8) is 0 Å². The fourth-order valence-corrected chi connectivity index (χ4v) is 3.85. The lowest BCUT2D eigenvalue weighted by atomic mass is 9.64. The van der Waals surface area contributed by atoms with Gasteiger partial charge in [0.05, 0.1) is 0 Å². The number of rotatable bonds is 3. The molecule has 0 aromatic heterocycles. The van der Waals surface area contributed by atoms with Gasteiger partial charge in [0.25, 0.3) is 0 Å². The van der Waals surface area contributed by atoms with Crippen LogP contribution in [0.2, 0.25) is 0 Å². The van der Waals surface area contributed by atoms with E-state index in [2.05, 4.69) is 18.7 Å². The predicted molar refractivity (Wildman–Crippen MR) is 84.5 cm³/mol. The van der Waals surface area contributed by atoms with Gasteiger partial charge in [0.1, 0.15) is 0 Å². The van der Waals surface area contributed by atoms with E-state index in [1.165, 1.54) is 38.5 Å². The van der Waals surface area contributed by atoms with Crippen molar-refractivity contribution < 1.29 is 4.79 Å². The summed E-state index contributed by atoms with van der Waals surface area (Å²) in [4.78, 5) is 14.3. The molecule has 0 bridgehead atoms. The molecule has 0 aromatic carbocycles. The van der Waals surface area contributed by atoms with E-state index in [9.17, 15) is 4.79 Å².